The van der Waals surface area contributed by atoms with Crippen molar-refractivity contribution in [2.75, 3.05) is 18.4 Å². The number of nitrogens with one attached hydrogen (secondary N) is 2. The molecule has 1 atom stereocenters. The molecule has 2 N–H and O–H groups in total. The quantitative estimate of drug-likeness (QED) is 0.694. The smallest absolute Gasteiger partial charge is 0.220 e. The molecule has 84 valence electrons. The average molecular weight is 220 g/mol. The number of rotatable bonds is 0. The number of carbonyl (C=O) groups excluding carboxylic acids is 1. The summed E-state index contributed by atoms with van der Waals surface area (Å²) in [5.74, 6) is -0.141. The summed E-state index contributed by atoms with van der Waals surface area (Å²) in [6, 6.07) is 4.78. The number of carbonyl (C=O) groups is 1. The number of benzene rings is 1. The van der Waals surface area contributed by atoms with Crippen molar-refractivity contribution in [3.8, 4) is 0 Å². The Bertz CT molecular complexity index is 460. The number of halogens is 1. The van der Waals surface area contributed by atoms with E-state index in [1.807, 2.05) is 0 Å². The van der Waals surface area contributed by atoms with E-state index < -0.39 is 0 Å². The van der Waals surface area contributed by atoms with Gasteiger partial charge in [0, 0.05) is 30.6 Å². The standard InChI is InChI=1S/C12H13FN2O/c13-8-1-2-9-10(5-8)14-4-3-12(9)6-11(16)15-7-12/h1-2,5,14H,3-4,6-7H2,(H,15,16). The van der Waals surface area contributed by atoms with Gasteiger partial charge in [-0.3, -0.25) is 4.79 Å². The van der Waals surface area contributed by atoms with Crippen molar-refractivity contribution in [2.45, 2.75) is 18.3 Å². The summed E-state index contributed by atoms with van der Waals surface area (Å²) in [6.07, 6.45) is 1.44. The molecule has 0 saturated carbocycles. The summed E-state index contributed by atoms with van der Waals surface area (Å²) in [5.41, 5.74) is 1.78. The Morgan fingerprint density at radius 2 is 2.19 bits per heavy atom. The van der Waals surface area contributed by atoms with Crippen molar-refractivity contribution in [3.63, 3.8) is 0 Å². The zero-order valence-electron chi connectivity index (χ0n) is 8.85. The van der Waals surface area contributed by atoms with Gasteiger partial charge in [-0.05, 0) is 24.1 Å². The van der Waals surface area contributed by atoms with Gasteiger partial charge in [0.2, 0.25) is 5.91 Å². The Kier molecular flexibility index (Phi) is 1.93. The molecule has 2 aliphatic heterocycles. The van der Waals surface area contributed by atoms with Crippen LogP contribution >= 0.6 is 0 Å². The van der Waals surface area contributed by atoms with Crippen molar-refractivity contribution < 1.29 is 9.18 Å². The third kappa shape index (κ3) is 1.29. The van der Waals surface area contributed by atoms with Crippen LogP contribution in [-0.4, -0.2) is 19.0 Å². The molecule has 1 aromatic rings. The first kappa shape index (κ1) is 9.63. The third-order valence-electron chi connectivity index (χ3n) is 3.59. The zero-order chi connectivity index (χ0) is 11.2. The lowest BCUT2D eigenvalue weighted by atomic mass is 9.74. The molecule has 1 saturated heterocycles. The van der Waals surface area contributed by atoms with E-state index in [0.29, 0.717) is 13.0 Å². The minimum absolute atomic E-state index is 0.0946. The summed E-state index contributed by atoms with van der Waals surface area (Å²) in [5, 5.41) is 6.07. The predicted octanol–water partition coefficient (Wildman–Crippen LogP) is 1.40. The van der Waals surface area contributed by atoms with Gasteiger partial charge in [0.25, 0.3) is 0 Å². The molecule has 1 amide bonds. The summed E-state index contributed by atoms with van der Waals surface area (Å²) in [6.45, 7) is 1.47. The number of fused-ring (bicyclic) bond motifs is 2. The number of anilines is 1. The van der Waals surface area contributed by atoms with Gasteiger partial charge in [0.05, 0.1) is 0 Å². The van der Waals surface area contributed by atoms with E-state index in [1.165, 1.54) is 12.1 Å². The van der Waals surface area contributed by atoms with Gasteiger partial charge >= 0.3 is 0 Å². The maximum atomic E-state index is 13.1. The van der Waals surface area contributed by atoms with Gasteiger partial charge in [0.1, 0.15) is 5.82 Å². The fraction of sp³-hybridized carbons (Fsp3) is 0.417. The molecule has 4 heteroatoms. The van der Waals surface area contributed by atoms with Crippen molar-refractivity contribution in [2.24, 2.45) is 0 Å². The monoisotopic (exact) mass is 220 g/mol. The van der Waals surface area contributed by atoms with Crippen LogP contribution in [0.15, 0.2) is 18.2 Å². The van der Waals surface area contributed by atoms with Crippen LogP contribution in [0.5, 0.6) is 0 Å². The molecule has 1 unspecified atom stereocenters. The average Bonchev–Trinajstić information content (AvgIpc) is 2.61. The second-order valence-electron chi connectivity index (χ2n) is 4.60. The van der Waals surface area contributed by atoms with E-state index >= 15 is 0 Å². The fourth-order valence-corrected chi connectivity index (χ4v) is 2.76. The minimum Gasteiger partial charge on any atom is -0.385 e. The summed E-state index contributed by atoms with van der Waals surface area (Å²) in [7, 11) is 0. The lowest BCUT2D eigenvalue weighted by molar-refractivity contribution is -0.119. The number of hydrogen-bond donors (Lipinski definition) is 2. The fourth-order valence-electron chi connectivity index (χ4n) is 2.76. The van der Waals surface area contributed by atoms with Crippen LogP contribution in [0.1, 0.15) is 18.4 Å². The van der Waals surface area contributed by atoms with Crippen LogP contribution in [0.4, 0.5) is 10.1 Å². The molecular weight excluding hydrogens is 207 g/mol. The summed E-state index contributed by atoms with van der Waals surface area (Å²) < 4.78 is 13.1. The van der Waals surface area contributed by atoms with E-state index in [0.717, 1.165) is 24.2 Å². The number of hydrogen-bond acceptors (Lipinski definition) is 2. The van der Waals surface area contributed by atoms with E-state index in [9.17, 15) is 9.18 Å². The Labute approximate surface area is 93.0 Å². The van der Waals surface area contributed by atoms with Crippen LogP contribution in [0.2, 0.25) is 0 Å². The van der Waals surface area contributed by atoms with Crippen LogP contribution in [0, 0.1) is 5.82 Å². The van der Waals surface area contributed by atoms with Gasteiger partial charge in [0.15, 0.2) is 0 Å². The molecule has 1 aromatic carbocycles. The maximum Gasteiger partial charge on any atom is 0.220 e. The lowest BCUT2D eigenvalue weighted by Gasteiger charge is -2.34. The maximum absolute atomic E-state index is 13.1. The van der Waals surface area contributed by atoms with Gasteiger partial charge < -0.3 is 10.6 Å². The highest BCUT2D eigenvalue weighted by molar-refractivity contribution is 5.82. The Balaban J connectivity index is 2.09. The molecule has 2 aliphatic rings. The van der Waals surface area contributed by atoms with Gasteiger partial charge in [-0.25, -0.2) is 4.39 Å². The molecule has 1 spiro atoms. The van der Waals surface area contributed by atoms with Crippen molar-refractivity contribution >= 4 is 11.6 Å². The first-order valence-corrected chi connectivity index (χ1v) is 5.50. The zero-order valence-corrected chi connectivity index (χ0v) is 8.85. The largest absolute Gasteiger partial charge is 0.385 e. The van der Waals surface area contributed by atoms with Crippen molar-refractivity contribution in [1.82, 2.24) is 5.32 Å². The predicted molar refractivity (Wildman–Crippen MR) is 58.8 cm³/mol. The summed E-state index contributed by atoms with van der Waals surface area (Å²) in [4.78, 5) is 11.4. The third-order valence-corrected chi connectivity index (χ3v) is 3.59. The lowest BCUT2D eigenvalue weighted by Crippen LogP contribution is -2.36. The molecular formula is C12H13FN2O. The SMILES string of the molecule is O=C1CC2(CCNc3cc(F)ccc32)CN1. The first-order chi connectivity index (χ1) is 7.70. The molecule has 0 radical (unpaired) electrons. The Hall–Kier alpha value is -1.58. The molecule has 2 heterocycles. The van der Waals surface area contributed by atoms with Gasteiger partial charge in [-0.2, -0.15) is 0 Å². The summed E-state index contributed by atoms with van der Waals surface area (Å²) >= 11 is 0. The van der Waals surface area contributed by atoms with Crippen LogP contribution in [0.25, 0.3) is 0 Å². The Morgan fingerprint density at radius 3 is 2.94 bits per heavy atom. The minimum atomic E-state index is -0.236. The first-order valence-electron chi connectivity index (χ1n) is 5.50. The van der Waals surface area contributed by atoms with Crippen LogP contribution < -0.4 is 10.6 Å². The van der Waals surface area contributed by atoms with E-state index in [-0.39, 0.29) is 17.1 Å². The molecule has 0 bridgehead atoms. The highest BCUT2D eigenvalue weighted by atomic mass is 19.1. The van der Waals surface area contributed by atoms with Crippen LogP contribution in [0.3, 0.4) is 0 Å². The van der Waals surface area contributed by atoms with Crippen LogP contribution in [-0.2, 0) is 10.2 Å². The van der Waals surface area contributed by atoms with E-state index in [1.54, 1.807) is 6.07 Å². The molecule has 1 fully saturated rings. The molecule has 0 aliphatic carbocycles. The Morgan fingerprint density at radius 1 is 1.31 bits per heavy atom. The number of amides is 1. The normalized spacial score (nSPS) is 27.4. The highest BCUT2D eigenvalue weighted by Gasteiger charge is 2.42. The van der Waals surface area contributed by atoms with Gasteiger partial charge in [-0.1, -0.05) is 6.07 Å². The van der Waals surface area contributed by atoms with Crippen molar-refractivity contribution in [1.29, 1.82) is 0 Å². The molecule has 16 heavy (non-hydrogen) atoms. The molecule has 0 aromatic heterocycles. The molecule has 3 nitrogen and oxygen atoms in total. The topological polar surface area (TPSA) is 41.1 Å². The van der Waals surface area contributed by atoms with E-state index in [4.69, 9.17) is 0 Å². The second-order valence-corrected chi connectivity index (χ2v) is 4.60. The highest BCUT2D eigenvalue weighted by Crippen LogP contribution is 2.41. The van der Waals surface area contributed by atoms with Gasteiger partial charge in [-0.15, -0.1) is 0 Å². The second kappa shape index (κ2) is 3.20. The van der Waals surface area contributed by atoms with E-state index in [2.05, 4.69) is 10.6 Å². The van der Waals surface area contributed by atoms with Crippen molar-refractivity contribution in [3.05, 3.63) is 29.6 Å². The molecule has 3 rings (SSSR count).